The molecule has 26 heavy (non-hydrogen) atoms. The number of aromatic nitrogens is 2. The standard InChI is InChI=1S/C20H21N3O2S/c1-13-7-9-26-19(13)11-23-8-6-15-14(10-23)20(22-21-15)18-12-24-16-4-2-3-5-17(16)25-18/h2-5,7,9,18H,6,8,10-12H2,1H3,(H,21,22)/t18-/m1/s1. The van der Waals surface area contributed by atoms with Gasteiger partial charge in [-0.15, -0.1) is 11.3 Å². The summed E-state index contributed by atoms with van der Waals surface area (Å²) in [6.45, 7) is 5.64. The molecule has 0 saturated carbocycles. The van der Waals surface area contributed by atoms with E-state index in [1.165, 1.54) is 21.7 Å². The number of thiophene rings is 1. The average molecular weight is 367 g/mol. The van der Waals surface area contributed by atoms with Gasteiger partial charge in [-0.3, -0.25) is 10.00 Å². The molecule has 0 aliphatic carbocycles. The summed E-state index contributed by atoms with van der Waals surface area (Å²) in [5, 5.41) is 9.99. The fraction of sp³-hybridized carbons (Fsp3) is 0.350. The Morgan fingerprint density at radius 2 is 2.15 bits per heavy atom. The molecule has 4 heterocycles. The molecule has 0 fully saturated rings. The first-order chi connectivity index (χ1) is 12.8. The van der Waals surface area contributed by atoms with Crippen LogP contribution < -0.4 is 9.47 Å². The SMILES string of the molecule is Cc1ccsc1CN1CCc2[nH]nc([C@H]3COc4ccccc4O3)c2C1. The van der Waals surface area contributed by atoms with Crippen molar-refractivity contribution >= 4 is 11.3 Å². The number of nitrogens with one attached hydrogen (secondary N) is 1. The van der Waals surface area contributed by atoms with Crippen LogP contribution in [0.5, 0.6) is 11.5 Å². The number of para-hydroxylation sites is 2. The van der Waals surface area contributed by atoms with Crippen molar-refractivity contribution in [1.29, 1.82) is 0 Å². The van der Waals surface area contributed by atoms with E-state index in [2.05, 4.69) is 33.5 Å². The van der Waals surface area contributed by atoms with Gasteiger partial charge in [-0.1, -0.05) is 12.1 Å². The van der Waals surface area contributed by atoms with Crippen LogP contribution in [0.4, 0.5) is 0 Å². The molecule has 2 aliphatic rings. The molecule has 1 aromatic carbocycles. The van der Waals surface area contributed by atoms with Gasteiger partial charge in [0.2, 0.25) is 0 Å². The van der Waals surface area contributed by atoms with Gasteiger partial charge in [0.1, 0.15) is 12.3 Å². The number of hydrogen-bond acceptors (Lipinski definition) is 5. The number of aryl methyl sites for hydroxylation is 1. The van der Waals surface area contributed by atoms with Crippen LogP contribution in [0.25, 0.3) is 0 Å². The largest absolute Gasteiger partial charge is 0.485 e. The van der Waals surface area contributed by atoms with Crippen molar-refractivity contribution < 1.29 is 9.47 Å². The lowest BCUT2D eigenvalue weighted by Gasteiger charge is -2.29. The monoisotopic (exact) mass is 367 g/mol. The van der Waals surface area contributed by atoms with Gasteiger partial charge in [0.05, 0.1) is 0 Å². The molecular formula is C20H21N3O2S. The van der Waals surface area contributed by atoms with Crippen molar-refractivity contribution in [3.8, 4) is 11.5 Å². The van der Waals surface area contributed by atoms with Crippen molar-refractivity contribution in [1.82, 2.24) is 15.1 Å². The fourth-order valence-corrected chi connectivity index (χ4v) is 4.65. The Balaban J connectivity index is 1.37. The van der Waals surface area contributed by atoms with Gasteiger partial charge >= 0.3 is 0 Å². The molecule has 5 rings (SSSR count). The van der Waals surface area contributed by atoms with E-state index in [1.807, 2.05) is 35.6 Å². The molecule has 6 heteroatoms. The Hall–Kier alpha value is -2.31. The van der Waals surface area contributed by atoms with E-state index in [-0.39, 0.29) is 6.10 Å². The van der Waals surface area contributed by atoms with Crippen molar-refractivity contribution in [2.45, 2.75) is 32.5 Å². The molecule has 3 aromatic rings. The number of aromatic amines is 1. The highest BCUT2D eigenvalue weighted by Gasteiger charge is 2.31. The van der Waals surface area contributed by atoms with E-state index >= 15 is 0 Å². The summed E-state index contributed by atoms with van der Waals surface area (Å²) >= 11 is 1.84. The van der Waals surface area contributed by atoms with E-state index in [9.17, 15) is 0 Å². The molecule has 2 aromatic heterocycles. The third-order valence-corrected chi connectivity index (χ3v) is 6.20. The molecule has 1 atom stereocenters. The molecule has 0 radical (unpaired) electrons. The van der Waals surface area contributed by atoms with E-state index < -0.39 is 0 Å². The second-order valence-electron chi connectivity index (χ2n) is 6.92. The predicted octanol–water partition coefficient (Wildman–Crippen LogP) is 3.85. The van der Waals surface area contributed by atoms with Crippen molar-refractivity contribution in [2.75, 3.05) is 13.2 Å². The molecule has 0 unspecified atom stereocenters. The summed E-state index contributed by atoms with van der Waals surface area (Å²) < 4.78 is 12.1. The summed E-state index contributed by atoms with van der Waals surface area (Å²) in [6, 6.07) is 10.0. The minimum Gasteiger partial charge on any atom is -0.485 e. The highest BCUT2D eigenvalue weighted by atomic mass is 32.1. The number of hydrogen-bond donors (Lipinski definition) is 1. The van der Waals surface area contributed by atoms with Gasteiger partial charge in [0.25, 0.3) is 0 Å². The topological polar surface area (TPSA) is 50.4 Å². The maximum atomic E-state index is 6.18. The van der Waals surface area contributed by atoms with E-state index in [0.29, 0.717) is 6.61 Å². The Morgan fingerprint density at radius 3 is 3.00 bits per heavy atom. The zero-order chi connectivity index (χ0) is 17.5. The molecular weight excluding hydrogens is 346 g/mol. The van der Waals surface area contributed by atoms with E-state index in [0.717, 1.165) is 43.2 Å². The first-order valence-electron chi connectivity index (χ1n) is 8.98. The number of ether oxygens (including phenoxy) is 2. The third kappa shape index (κ3) is 2.79. The maximum Gasteiger partial charge on any atom is 0.177 e. The first-order valence-corrected chi connectivity index (χ1v) is 9.85. The summed E-state index contributed by atoms with van der Waals surface area (Å²) in [4.78, 5) is 3.95. The Labute approximate surface area is 156 Å². The van der Waals surface area contributed by atoms with Crippen molar-refractivity contribution in [3.63, 3.8) is 0 Å². The van der Waals surface area contributed by atoms with Crippen LogP contribution in [0, 0.1) is 6.92 Å². The number of nitrogens with zero attached hydrogens (tertiary/aromatic N) is 2. The van der Waals surface area contributed by atoms with Gasteiger partial charge in [-0.05, 0) is 36.1 Å². The molecule has 134 valence electrons. The van der Waals surface area contributed by atoms with E-state index in [4.69, 9.17) is 9.47 Å². The first kappa shape index (κ1) is 15.9. The minimum absolute atomic E-state index is 0.159. The van der Waals surface area contributed by atoms with Gasteiger partial charge in [-0.25, -0.2) is 0 Å². The van der Waals surface area contributed by atoms with Crippen LogP contribution in [-0.2, 0) is 19.5 Å². The average Bonchev–Trinajstić information content (AvgIpc) is 3.27. The highest BCUT2D eigenvalue weighted by molar-refractivity contribution is 7.10. The lowest BCUT2D eigenvalue weighted by Crippen LogP contribution is -2.31. The van der Waals surface area contributed by atoms with Gasteiger partial charge in [0.15, 0.2) is 17.6 Å². The Bertz CT molecular complexity index is 933. The molecule has 5 nitrogen and oxygen atoms in total. The molecule has 0 amide bonds. The van der Waals surface area contributed by atoms with Crippen molar-refractivity contribution in [2.24, 2.45) is 0 Å². The highest BCUT2D eigenvalue weighted by Crippen LogP contribution is 2.37. The van der Waals surface area contributed by atoms with Crippen LogP contribution >= 0.6 is 11.3 Å². The fourth-order valence-electron chi connectivity index (χ4n) is 3.70. The number of benzene rings is 1. The van der Waals surface area contributed by atoms with Crippen LogP contribution in [0.2, 0.25) is 0 Å². The quantitative estimate of drug-likeness (QED) is 0.764. The second kappa shape index (κ2) is 6.45. The van der Waals surface area contributed by atoms with E-state index in [1.54, 1.807) is 0 Å². The van der Waals surface area contributed by atoms with Gasteiger partial charge in [0, 0.05) is 42.2 Å². The Kier molecular flexibility index (Phi) is 3.94. The van der Waals surface area contributed by atoms with Crippen LogP contribution in [0.15, 0.2) is 35.7 Å². The maximum absolute atomic E-state index is 6.18. The predicted molar refractivity (Wildman–Crippen MR) is 101 cm³/mol. The molecule has 0 bridgehead atoms. The van der Waals surface area contributed by atoms with Crippen LogP contribution in [0.1, 0.15) is 33.5 Å². The smallest absolute Gasteiger partial charge is 0.177 e. The van der Waals surface area contributed by atoms with Crippen molar-refractivity contribution in [3.05, 3.63) is 63.1 Å². The summed E-state index contributed by atoms with van der Waals surface area (Å²) in [6.07, 6.45) is 0.838. The second-order valence-corrected chi connectivity index (χ2v) is 7.92. The summed E-state index contributed by atoms with van der Waals surface area (Å²) in [5.74, 6) is 1.60. The normalized spacial score (nSPS) is 19.3. The molecule has 0 saturated heterocycles. The zero-order valence-corrected chi connectivity index (χ0v) is 15.5. The summed E-state index contributed by atoms with van der Waals surface area (Å²) in [7, 11) is 0. The number of rotatable bonds is 3. The molecule has 1 N–H and O–H groups in total. The molecule has 0 spiro atoms. The number of fused-ring (bicyclic) bond motifs is 2. The lowest BCUT2D eigenvalue weighted by molar-refractivity contribution is 0.0867. The van der Waals surface area contributed by atoms with Gasteiger partial charge < -0.3 is 9.47 Å². The minimum atomic E-state index is -0.159. The zero-order valence-electron chi connectivity index (χ0n) is 14.7. The summed E-state index contributed by atoms with van der Waals surface area (Å²) in [5.41, 5.74) is 4.89. The van der Waals surface area contributed by atoms with Gasteiger partial charge in [-0.2, -0.15) is 5.10 Å². The van der Waals surface area contributed by atoms with Crippen LogP contribution in [-0.4, -0.2) is 28.2 Å². The lowest BCUT2D eigenvalue weighted by atomic mass is 10.0. The molecule has 2 aliphatic heterocycles. The number of H-pyrrole nitrogens is 1. The van der Waals surface area contributed by atoms with Crippen LogP contribution in [0.3, 0.4) is 0 Å². The third-order valence-electron chi connectivity index (χ3n) is 5.19. The Morgan fingerprint density at radius 1 is 1.27 bits per heavy atom.